The molecule has 2 unspecified atom stereocenters. The molecular formula is C18H23O3P. The minimum atomic E-state index is -0.144. The van der Waals surface area contributed by atoms with Crippen LogP contribution in [0.2, 0.25) is 0 Å². The molecule has 3 nitrogen and oxygen atoms in total. The monoisotopic (exact) mass is 318 g/mol. The molecule has 0 aliphatic rings. The van der Waals surface area contributed by atoms with Crippen molar-refractivity contribution in [2.45, 2.75) is 32.7 Å². The molecular weight excluding hydrogens is 295 g/mol. The van der Waals surface area contributed by atoms with Crippen LogP contribution in [0, 0.1) is 0 Å². The number of rotatable bonds is 8. The molecule has 2 aromatic rings. The second-order valence-corrected chi connectivity index (χ2v) is 5.66. The molecule has 0 saturated heterocycles. The second kappa shape index (κ2) is 8.89. The van der Waals surface area contributed by atoms with Crippen LogP contribution in [0.25, 0.3) is 0 Å². The summed E-state index contributed by atoms with van der Waals surface area (Å²) in [5.74, 6) is 1.65. The van der Waals surface area contributed by atoms with Crippen LogP contribution in [-0.4, -0.2) is 13.4 Å². The van der Waals surface area contributed by atoms with Gasteiger partial charge in [-0.05, 0) is 41.6 Å². The van der Waals surface area contributed by atoms with Crippen molar-refractivity contribution in [3.8, 4) is 11.5 Å². The van der Waals surface area contributed by atoms with E-state index >= 15 is 0 Å². The summed E-state index contributed by atoms with van der Waals surface area (Å²) < 4.78 is 16.9. The Morgan fingerprint density at radius 3 is 2.45 bits per heavy atom. The van der Waals surface area contributed by atoms with E-state index in [2.05, 4.69) is 16.2 Å². The zero-order chi connectivity index (χ0) is 15.8. The molecule has 0 amide bonds. The summed E-state index contributed by atoms with van der Waals surface area (Å²) in [4.78, 5) is 0. The van der Waals surface area contributed by atoms with Crippen LogP contribution in [0.5, 0.6) is 11.5 Å². The highest BCUT2D eigenvalue weighted by Gasteiger charge is 2.08. The number of benzene rings is 2. The molecule has 0 spiro atoms. The zero-order valence-electron chi connectivity index (χ0n) is 13.1. The Labute approximate surface area is 134 Å². The van der Waals surface area contributed by atoms with E-state index in [0.29, 0.717) is 6.61 Å². The molecule has 2 rings (SSSR count). The Kier molecular flexibility index (Phi) is 6.85. The third kappa shape index (κ3) is 5.10. The van der Waals surface area contributed by atoms with Gasteiger partial charge in [-0.1, -0.05) is 37.6 Å². The Hall–Kier alpha value is -1.41. The van der Waals surface area contributed by atoms with Crippen LogP contribution in [-0.2, 0) is 16.1 Å². The van der Waals surface area contributed by atoms with Crippen molar-refractivity contribution in [3.63, 3.8) is 0 Å². The molecule has 0 aliphatic heterocycles. The fourth-order valence-electron chi connectivity index (χ4n) is 2.08. The Balaban J connectivity index is 1.97. The standard InChI is InChI=1S/C18H23O3P/c1-3-7-18(19-2)20-13-14-10-11-16(12-17(14)22)21-15-8-5-4-6-9-15/h4-6,8-12,18H,3,7,13,22H2,1-2H3. The van der Waals surface area contributed by atoms with Crippen molar-refractivity contribution < 1.29 is 14.2 Å². The molecule has 0 saturated carbocycles. The predicted octanol–water partition coefficient (Wildman–Crippen LogP) is 4.27. The van der Waals surface area contributed by atoms with E-state index in [-0.39, 0.29) is 6.29 Å². The maximum Gasteiger partial charge on any atom is 0.157 e. The van der Waals surface area contributed by atoms with E-state index < -0.39 is 0 Å². The first kappa shape index (κ1) is 17.0. The lowest BCUT2D eigenvalue weighted by Gasteiger charge is -2.16. The normalized spacial score (nSPS) is 12.1. The summed E-state index contributed by atoms with van der Waals surface area (Å²) in [7, 11) is 4.41. The van der Waals surface area contributed by atoms with Gasteiger partial charge in [0, 0.05) is 7.11 Å². The van der Waals surface area contributed by atoms with Crippen LogP contribution in [0.15, 0.2) is 48.5 Å². The Bertz CT molecular complexity index is 572. The van der Waals surface area contributed by atoms with Gasteiger partial charge in [0.25, 0.3) is 0 Å². The smallest absolute Gasteiger partial charge is 0.157 e. The minimum absolute atomic E-state index is 0.144. The number of para-hydroxylation sites is 1. The second-order valence-electron chi connectivity index (χ2n) is 5.04. The summed E-state index contributed by atoms with van der Waals surface area (Å²) in [5, 5.41) is 1.07. The van der Waals surface area contributed by atoms with E-state index in [4.69, 9.17) is 14.2 Å². The molecule has 2 atom stereocenters. The van der Waals surface area contributed by atoms with Gasteiger partial charge in [0.05, 0.1) is 6.61 Å². The molecule has 0 aliphatic carbocycles. The summed E-state index contributed by atoms with van der Waals surface area (Å²) in [6.07, 6.45) is 1.79. The van der Waals surface area contributed by atoms with Gasteiger partial charge in [0.2, 0.25) is 0 Å². The molecule has 0 fully saturated rings. The van der Waals surface area contributed by atoms with Gasteiger partial charge in [-0.25, -0.2) is 0 Å². The van der Waals surface area contributed by atoms with Gasteiger partial charge in [-0.2, -0.15) is 0 Å². The van der Waals surface area contributed by atoms with Gasteiger partial charge in [-0.15, -0.1) is 9.24 Å². The van der Waals surface area contributed by atoms with Crippen molar-refractivity contribution in [2.75, 3.05) is 7.11 Å². The summed E-state index contributed by atoms with van der Waals surface area (Å²) >= 11 is 0. The highest BCUT2D eigenvalue weighted by atomic mass is 31.0. The molecule has 22 heavy (non-hydrogen) atoms. The SMILES string of the molecule is CCCC(OC)OCc1ccc(Oc2ccccc2)cc1P. The largest absolute Gasteiger partial charge is 0.457 e. The van der Waals surface area contributed by atoms with E-state index in [1.54, 1.807) is 7.11 Å². The Morgan fingerprint density at radius 1 is 1.05 bits per heavy atom. The van der Waals surface area contributed by atoms with Crippen LogP contribution in [0.4, 0.5) is 0 Å². The van der Waals surface area contributed by atoms with Crippen molar-refractivity contribution in [1.29, 1.82) is 0 Å². The Morgan fingerprint density at radius 2 is 1.82 bits per heavy atom. The van der Waals surface area contributed by atoms with Gasteiger partial charge in [-0.3, -0.25) is 0 Å². The lowest BCUT2D eigenvalue weighted by Crippen LogP contribution is -2.16. The molecule has 0 heterocycles. The van der Waals surface area contributed by atoms with Crippen molar-refractivity contribution in [1.82, 2.24) is 0 Å². The van der Waals surface area contributed by atoms with Crippen LogP contribution < -0.4 is 10.0 Å². The fourth-order valence-corrected chi connectivity index (χ4v) is 2.42. The third-order valence-electron chi connectivity index (χ3n) is 3.31. The van der Waals surface area contributed by atoms with Gasteiger partial charge in [0.1, 0.15) is 11.5 Å². The van der Waals surface area contributed by atoms with Crippen molar-refractivity contribution in [3.05, 3.63) is 54.1 Å². The maximum atomic E-state index is 5.82. The maximum absolute atomic E-state index is 5.82. The lowest BCUT2D eigenvalue weighted by molar-refractivity contribution is -0.135. The topological polar surface area (TPSA) is 27.7 Å². The third-order valence-corrected chi connectivity index (χ3v) is 3.85. The average molecular weight is 318 g/mol. The minimum Gasteiger partial charge on any atom is -0.457 e. The average Bonchev–Trinajstić information content (AvgIpc) is 2.54. The number of hydrogen-bond donors (Lipinski definition) is 0. The van der Waals surface area contributed by atoms with Crippen LogP contribution in [0.3, 0.4) is 0 Å². The zero-order valence-corrected chi connectivity index (χ0v) is 14.3. The first-order chi connectivity index (χ1) is 10.7. The van der Waals surface area contributed by atoms with Gasteiger partial charge in [0.15, 0.2) is 6.29 Å². The van der Waals surface area contributed by atoms with Gasteiger partial charge < -0.3 is 14.2 Å². The quantitative estimate of drug-likeness (QED) is 0.537. The van der Waals surface area contributed by atoms with Gasteiger partial charge >= 0.3 is 0 Å². The lowest BCUT2D eigenvalue weighted by atomic mass is 10.2. The van der Waals surface area contributed by atoms with Crippen molar-refractivity contribution >= 4 is 14.5 Å². The van der Waals surface area contributed by atoms with E-state index in [1.165, 1.54) is 0 Å². The van der Waals surface area contributed by atoms with Crippen LogP contribution in [0.1, 0.15) is 25.3 Å². The first-order valence-electron chi connectivity index (χ1n) is 7.48. The molecule has 2 aromatic carbocycles. The van der Waals surface area contributed by atoms with Crippen molar-refractivity contribution in [2.24, 2.45) is 0 Å². The van der Waals surface area contributed by atoms with E-state index in [1.807, 2.05) is 48.5 Å². The molecule has 0 aromatic heterocycles. The number of ether oxygens (including phenoxy) is 3. The fraction of sp³-hybridized carbons (Fsp3) is 0.333. The number of methoxy groups -OCH3 is 1. The molecule has 0 radical (unpaired) electrons. The van der Waals surface area contributed by atoms with Crippen LogP contribution >= 0.6 is 9.24 Å². The summed E-state index contributed by atoms with van der Waals surface area (Å²) in [6, 6.07) is 15.7. The molecule has 0 N–H and O–H groups in total. The number of hydrogen-bond acceptors (Lipinski definition) is 3. The predicted molar refractivity (Wildman–Crippen MR) is 92.8 cm³/mol. The molecule has 0 bridgehead atoms. The molecule has 118 valence electrons. The highest BCUT2D eigenvalue weighted by Crippen LogP contribution is 2.21. The van der Waals surface area contributed by atoms with E-state index in [0.717, 1.165) is 35.2 Å². The summed E-state index contributed by atoms with van der Waals surface area (Å²) in [5.41, 5.74) is 1.11. The highest BCUT2D eigenvalue weighted by molar-refractivity contribution is 7.27. The summed E-state index contributed by atoms with van der Waals surface area (Å²) in [6.45, 7) is 2.65. The molecule has 4 heteroatoms. The first-order valence-corrected chi connectivity index (χ1v) is 8.06. The van der Waals surface area contributed by atoms with E-state index in [9.17, 15) is 0 Å².